The van der Waals surface area contributed by atoms with Crippen molar-refractivity contribution in [3.8, 4) is 17.6 Å². The van der Waals surface area contributed by atoms with Gasteiger partial charge in [0.15, 0.2) is 17.3 Å². The minimum Gasteiger partial charge on any atom is -0.490 e. The van der Waals surface area contributed by atoms with Gasteiger partial charge in [0.1, 0.15) is 12.2 Å². The van der Waals surface area contributed by atoms with E-state index in [0.717, 1.165) is 12.8 Å². The van der Waals surface area contributed by atoms with E-state index in [1.165, 1.54) is 6.20 Å². The Labute approximate surface area is 232 Å². The van der Waals surface area contributed by atoms with E-state index in [0.29, 0.717) is 53.3 Å². The lowest BCUT2D eigenvalue weighted by molar-refractivity contribution is -0.128. The van der Waals surface area contributed by atoms with Crippen molar-refractivity contribution in [3.63, 3.8) is 0 Å². The van der Waals surface area contributed by atoms with Gasteiger partial charge >= 0.3 is 0 Å². The second-order valence-electron chi connectivity index (χ2n) is 9.54. The van der Waals surface area contributed by atoms with Crippen molar-refractivity contribution < 1.29 is 18.7 Å². The number of halogens is 2. The summed E-state index contributed by atoms with van der Waals surface area (Å²) in [5.41, 5.74) is 1.90. The fourth-order valence-corrected chi connectivity index (χ4v) is 4.55. The van der Waals surface area contributed by atoms with Crippen molar-refractivity contribution >= 4 is 39.8 Å². The van der Waals surface area contributed by atoms with E-state index >= 15 is 0 Å². The smallest absolute Gasteiger partial charge is 0.248 e. The number of ether oxygens (including phenoxy) is 2. The number of piperidine rings is 1. The van der Waals surface area contributed by atoms with E-state index in [9.17, 15) is 14.4 Å². The number of pyridine rings is 1. The third-order valence-corrected chi connectivity index (χ3v) is 6.85. The molecule has 0 radical (unpaired) electrons. The van der Waals surface area contributed by atoms with Crippen LogP contribution in [0.4, 0.5) is 15.8 Å². The number of nitrogens with one attached hydrogen (secondary N) is 1. The predicted molar refractivity (Wildman–Crippen MR) is 150 cm³/mol. The molecule has 1 aliphatic rings. The van der Waals surface area contributed by atoms with Crippen LogP contribution < -0.4 is 14.8 Å². The lowest BCUT2D eigenvalue weighted by Crippen LogP contribution is -2.43. The third-order valence-electron chi connectivity index (χ3n) is 6.39. The number of nitrogens with zero attached hydrogens (tertiary/aromatic N) is 4. The Bertz CT molecular complexity index is 1450. The number of anilines is 2. The van der Waals surface area contributed by atoms with Gasteiger partial charge in [0.25, 0.3) is 0 Å². The maximum absolute atomic E-state index is 15.0. The highest BCUT2D eigenvalue weighted by atomic mass is 35.5. The first-order valence-electron chi connectivity index (χ1n) is 12.7. The molecule has 1 unspecified atom stereocenters. The highest BCUT2D eigenvalue weighted by Gasteiger charge is 2.26. The van der Waals surface area contributed by atoms with E-state index in [1.807, 2.05) is 25.9 Å². The van der Waals surface area contributed by atoms with Crippen LogP contribution in [0.1, 0.15) is 30.9 Å². The summed E-state index contributed by atoms with van der Waals surface area (Å²) in [4.78, 5) is 20.7. The quantitative estimate of drug-likeness (QED) is 0.354. The normalized spacial score (nSPS) is 15.3. The molecule has 2 heterocycles. The maximum atomic E-state index is 15.0. The minimum atomic E-state index is -0.608. The van der Waals surface area contributed by atoms with E-state index in [-0.39, 0.29) is 28.3 Å². The number of aryl methyl sites for hydroxylation is 1. The number of aromatic nitrogens is 1. The van der Waals surface area contributed by atoms with Crippen molar-refractivity contribution in [3.05, 3.63) is 64.7 Å². The maximum Gasteiger partial charge on any atom is 0.248 e. The van der Waals surface area contributed by atoms with Crippen LogP contribution in [0.15, 0.2) is 42.7 Å². The summed E-state index contributed by atoms with van der Waals surface area (Å²) in [5, 5.41) is 13.4. The number of rotatable bonds is 8. The minimum absolute atomic E-state index is 0.0105. The van der Waals surface area contributed by atoms with Crippen LogP contribution in [0.3, 0.4) is 0 Å². The zero-order chi connectivity index (χ0) is 28.1. The van der Waals surface area contributed by atoms with Gasteiger partial charge in [-0.3, -0.25) is 9.78 Å². The monoisotopic (exact) mass is 551 g/mol. The van der Waals surface area contributed by atoms with Crippen molar-refractivity contribution in [1.29, 1.82) is 5.26 Å². The molecule has 1 fully saturated rings. The average molecular weight is 552 g/mol. The average Bonchev–Trinajstić information content (AvgIpc) is 2.92. The van der Waals surface area contributed by atoms with Gasteiger partial charge in [0, 0.05) is 50.6 Å². The van der Waals surface area contributed by atoms with Crippen molar-refractivity contribution in [2.75, 3.05) is 39.1 Å². The molecule has 2 aromatic carbocycles. The highest BCUT2D eigenvalue weighted by molar-refractivity contribution is 6.31. The number of hydrogen-bond acceptors (Lipinski definition) is 7. The fraction of sp³-hybridized carbons (Fsp3) is 0.345. The number of carbonyl (C=O) groups is 1. The van der Waals surface area contributed by atoms with Crippen LogP contribution in [-0.4, -0.2) is 60.6 Å². The van der Waals surface area contributed by atoms with Gasteiger partial charge < -0.3 is 24.6 Å². The first-order valence-corrected chi connectivity index (χ1v) is 13.1. The Kier molecular flexibility index (Phi) is 8.77. The molecule has 10 heteroatoms. The molecule has 39 heavy (non-hydrogen) atoms. The second kappa shape index (κ2) is 12.2. The Morgan fingerprint density at radius 2 is 2.15 bits per heavy atom. The number of hydrogen-bond donors (Lipinski definition) is 1. The summed E-state index contributed by atoms with van der Waals surface area (Å²) < 4.78 is 27.2. The number of amides is 1. The number of benzene rings is 2. The van der Waals surface area contributed by atoms with Crippen LogP contribution in [0.25, 0.3) is 10.9 Å². The first-order chi connectivity index (χ1) is 18.7. The third kappa shape index (κ3) is 6.35. The second-order valence-corrected chi connectivity index (χ2v) is 9.91. The summed E-state index contributed by atoms with van der Waals surface area (Å²) in [7, 11) is 3.72. The fourth-order valence-electron chi connectivity index (χ4n) is 4.39. The standard InChI is InChI=1S/C29H31ClFN5O3/c1-5-38-24-14-23-21(13-25(24)39-20-7-6-11-36(17-20)26(37)10-12-35(3)4)29(19(15-32)16-33-23)34-22-9-8-18(2)27(30)28(22)31/h8-10,12-14,16,20H,5-7,11,17H2,1-4H3,(H,33,34)/b12-10+. The lowest BCUT2D eigenvalue weighted by atomic mass is 10.1. The zero-order valence-electron chi connectivity index (χ0n) is 22.4. The molecule has 0 saturated carbocycles. The Hall–Kier alpha value is -4.03. The zero-order valence-corrected chi connectivity index (χ0v) is 23.2. The van der Waals surface area contributed by atoms with Crippen LogP contribution in [-0.2, 0) is 4.79 Å². The van der Waals surface area contributed by atoms with Crippen LogP contribution in [0.2, 0.25) is 5.02 Å². The van der Waals surface area contributed by atoms with Gasteiger partial charge in [-0.05, 0) is 44.4 Å². The summed E-state index contributed by atoms with van der Waals surface area (Å²) in [6.45, 7) is 5.07. The Morgan fingerprint density at radius 3 is 2.87 bits per heavy atom. The molecule has 8 nitrogen and oxygen atoms in total. The van der Waals surface area contributed by atoms with Crippen molar-refractivity contribution in [1.82, 2.24) is 14.8 Å². The van der Waals surface area contributed by atoms with E-state index < -0.39 is 5.82 Å². The topological polar surface area (TPSA) is 90.7 Å². The summed E-state index contributed by atoms with van der Waals surface area (Å²) in [6.07, 6.45) is 6.00. The molecular formula is C29H31ClFN5O3. The van der Waals surface area contributed by atoms with E-state index in [1.54, 1.807) is 48.4 Å². The molecule has 0 bridgehead atoms. The molecule has 3 aromatic rings. The highest BCUT2D eigenvalue weighted by Crippen LogP contribution is 2.39. The largest absolute Gasteiger partial charge is 0.490 e. The van der Waals surface area contributed by atoms with Gasteiger partial charge in [-0.1, -0.05) is 17.7 Å². The summed E-state index contributed by atoms with van der Waals surface area (Å²) in [5.74, 6) is 0.264. The van der Waals surface area contributed by atoms with Gasteiger partial charge in [0.05, 0.1) is 40.6 Å². The SMILES string of the molecule is CCOc1cc2ncc(C#N)c(Nc3ccc(C)c(Cl)c3F)c2cc1OC1CCCN(C(=O)/C=C/N(C)C)C1. The molecule has 1 aliphatic heterocycles. The molecule has 0 spiro atoms. The predicted octanol–water partition coefficient (Wildman–Crippen LogP) is 5.79. The molecule has 204 valence electrons. The van der Waals surface area contributed by atoms with Gasteiger partial charge in [0.2, 0.25) is 5.91 Å². The van der Waals surface area contributed by atoms with E-state index in [4.69, 9.17) is 21.1 Å². The summed E-state index contributed by atoms with van der Waals surface area (Å²) in [6, 6.07) is 8.89. The summed E-state index contributed by atoms with van der Waals surface area (Å²) >= 11 is 6.14. The molecule has 1 aromatic heterocycles. The molecule has 0 aliphatic carbocycles. The first kappa shape index (κ1) is 28.0. The van der Waals surface area contributed by atoms with Crippen molar-refractivity contribution in [2.24, 2.45) is 0 Å². The molecule has 4 rings (SSSR count). The van der Waals surface area contributed by atoms with Crippen LogP contribution in [0.5, 0.6) is 11.5 Å². The lowest BCUT2D eigenvalue weighted by Gasteiger charge is -2.32. The molecule has 1 N–H and O–H groups in total. The number of carbonyl (C=O) groups excluding carboxylic acids is 1. The van der Waals surface area contributed by atoms with E-state index in [2.05, 4.69) is 16.4 Å². The van der Waals surface area contributed by atoms with Gasteiger partial charge in [-0.15, -0.1) is 0 Å². The van der Waals surface area contributed by atoms with Gasteiger partial charge in [-0.25, -0.2) is 4.39 Å². The van der Waals surface area contributed by atoms with Gasteiger partial charge in [-0.2, -0.15) is 5.26 Å². The number of nitriles is 1. The van der Waals surface area contributed by atoms with Crippen LogP contribution in [0, 0.1) is 24.1 Å². The number of fused-ring (bicyclic) bond motifs is 1. The van der Waals surface area contributed by atoms with Crippen LogP contribution >= 0.6 is 11.6 Å². The molecule has 1 amide bonds. The molecule has 1 saturated heterocycles. The Morgan fingerprint density at radius 1 is 1.36 bits per heavy atom. The molecule has 1 atom stereocenters. The number of likely N-dealkylation sites (tertiary alicyclic amines) is 1. The van der Waals surface area contributed by atoms with Crippen molar-refractivity contribution in [2.45, 2.75) is 32.8 Å². The molecular weight excluding hydrogens is 521 g/mol. The Balaban J connectivity index is 1.71.